The van der Waals surface area contributed by atoms with Crippen molar-refractivity contribution < 1.29 is 106 Å². The molecule has 4 aliphatic heterocycles. The number of aliphatic carboxylic acids is 1. The maximum atomic E-state index is 15.5. The zero-order valence-electron chi connectivity index (χ0n) is 56.3. The first-order chi connectivity index (χ1) is 46.7. The van der Waals surface area contributed by atoms with Crippen molar-refractivity contribution in [3.05, 3.63) is 23.3 Å². The zero-order chi connectivity index (χ0) is 71.8. The van der Waals surface area contributed by atoms with Crippen LogP contribution in [0.25, 0.3) is 10.9 Å². The van der Waals surface area contributed by atoms with Gasteiger partial charge in [0.2, 0.25) is 47.3 Å². The van der Waals surface area contributed by atoms with Gasteiger partial charge in [0.15, 0.2) is 11.6 Å². The van der Waals surface area contributed by atoms with Crippen molar-refractivity contribution in [2.24, 2.45) is 35.3 Å². The Labute approximate surface area is 575 Å². The fourth-order valence-corrected chi connectivity index (χ4v) is 14.9. The lowest BCUT2D eigenvalue weighted by molar-refractivity contribution is -0.144. The highest BCUT2D eigenvalue weighted by atomic mass is 32.2. The normalized spacial score (nSPS) is 24.3. The smallest absolute Gasteiger partial charge is 0.304 e. The number of ketones is 3. The van der Waals surface area contributed by atoms with E-state index in [1.807, 2.05) is 0 Å². The number of Topliss-reactive ketones (excluding diaryl/α,β-unsaturated/α-hetero) is 3. The van der Waals surface area contributed by atoms with Crippen LogP contribution in [0.5, 0.6) is 5.75 Å². The minimum Gasteiger partial charge on any atom is -0.496 e. The third-order valence-electron chi connectivity index (χ3n) is 18.2. The quantitative estimate of drug-likeness (QED) is 0.0405. The molecule has 546 valence electrons. The average molecular weight is 1420 g/mol. The number of benzene rings is 1. The molecule has 1 aromatic heterocycles. The van der Waals surface area contributed by atoms with Gasteiger partial charge in [-0.1, -0.05) is 34.1 Å². The minimum atomic E-state index is -2.42. The molecule has 2 fully saturated rings. The van der Waals surface area contributed by atoms with E-state index in [1.54, 1.807) is 49.6 Å². The Bertz CT molecular complexity index is 3160. The van der Waals surface area contributed by atoms with Gasteiger partial charge in [0.25, 0.3) is 0 Å². The van der Waals surface area contributed by atoms with Gasteiger partial charge < -0.3 is 91.2 Å². The van der Waals surface area contributed by atoms with Crippen molar-refractivity contribution in [3.8, 4) is 5.75 Å². The lowest BCUT2D eigenvalue weighted by atomic mass is 9.85. The maximum absolute atomic E-state index is 15.5. The lowest BCUT2D eigenvalue weighted by Gasteiger charge is -2.32. The van der Waals surface area contributed by atoms with Crippen LogP contribution < -0.4 is 37.1 Å². The highest BCUT2D eigenvalue weighted by molar-refractivity contribution is 7.99. The SMILES string of the molecule is CC[C@H](C)[C@@H]1CC(=O)CNC(=O)[C@H]2CC(=O)[C@H]([C@@H](C)[C@@H](O)CO)NC(=O)[C@@H]3C[C@@H](O)CN3C(=O)[C@H](CC(N)=O)NC(=O)[C@H](CS(=O)c3[nH]c4c(CSC5CCN(C(=O)CCOCCOCCOCCOCCCC(=O)C(C)CC(=O)O)CC5)c(OC)ccc4c3C2)NC(=O)CNC1=O. The molecule has 33 heteroatoms. The Morgan fingerprint density at radius 3 is 2.09 bits per heavy atom. The first-order valence-corrected chi connectivity index (χ1v) is 35.7. The molecule has 2 unspecified atom stereocenters. The van der Waals surface area contributed by atoms with Gasteiger partial charge in [-0.05, 0) is 49.3 Å². The van der Waals surface area contributed by atoms with E-state index in [0.717, 1.165) is 4.90 Å². The monoisotopic (exact) mass is 1420 g/mol. The van der Waals surface area contributed by atoms with Gasteiger partial charge in [-0.15, -0.1) is 0 Å². The van der Waals surface area contributed by atoms with Gasteiger partial charge in [0, 0.05) is 97.5 Å². The summed E-state index contributed by atoms with van der Waals surface area (Å²) in [6.07, 6.45) is -3.48. The number of carbonyl (C=O) groups is 12. The minimum absolute atomic E-state index is 0.0323. The molecule has 98 heavy (non-hydrogen) atoms. The van der Waals surface area contributed by atoms with Crippen LogP contribution in [-0.4, -0.2) is 257 Å². The summed E-state index contributed by atoms with van der Waals surface area (Å²) in [6, 6.07) is -3.67. The number of likely N-dealkylation sites (tertiary alicyclic amines) is 1. The number of primary amides is 1. The van der Waals surface area contributed by atoms with E-state index >= 15 is 9.00 Å². The highest BCUT2D eigenvalue weighted by Gasteiger charge is 2.45. The number of fused-ring (bicyclic) bond motifs is 5. The number of nitrogens with two attached hydrogens (primary N) is 1. The molecule has 0 aliphatic carbocycles. The molecule has 0 radical (unpaired) electrons. The van der Waals surface area contributed by atoms with Gasteiger partial charge in [0.05, 0.1) is 133 Å². The number of methoxy groups -OCH3 is 1. The molecule has 31 nitrogen and oxygen atoms in total. The second-order valence-corrected chi connectivity index (χ2v) is 28.1. The fourth-order valence-electron chi connectivity index (χ4n) is 12.2. The van der Waals surface area contributed by atoms with E-state index in [-0.39, 0.29) is 72.4 Å². The van der Waals surface area contributed by atoms with Crippen LogP contribution in [-0.2, 0) is 99.5 Å². The van der Waals surface area contributed by atoms with E-state index in [2.05, 4.69) is 31.6 Å². The van der Waals surface area contributed by atoms with Crippen molar-refractivity contribution in [1.29, 1.82) is 0 Å². The number of hydrogen-bond acceptors (Lipinski definition) is 22. The third kappa shape index (κ3) is 23.6. The van der Waals surface area contributed by atoms with Crippen LogP contribution >= 0.6 is 11.8 Å². The molecule has 4 aliphatic rings. The molecule has 2 saturated heterocycles. The summed E-state index contributed by atoms with van der Waals surface area (Å²) in [6.45, 7) is 6.99. The molecule has 1 aromatic carbocycles. The number of hydrogen-bond donors (Lipinski definition) is 11. The number of nitrogens with zero attached hydrogens (tertiary/aromatic N) is 2. The Morgan fingerprint density at radius 2 is 1.46 bits per heavy atom. The Morgan fingerprint density at radius 1 is 0.806 bits per heavy atom. The van der Waals surface area contributed by atoms with E-state index in [9.17, 15) is 68.1 Å². The molecule has 12 atom stereocenters. The first kappa shape index (κ1) is 80.0. The summed E-state index contributed by atoms with van der Waals surface area (Å²) < 4.78 is 43.6. The fraction of sp³-hybridized carbons (Fsp3) is 0.692. The second kappa shape index (κ2) is 39.7. The number of H-pyrrole nitrogens is 1. The van der Waals surface area contributed by atoms with Crippen molar-refractivity contribution in [1.82, 2.24) is 41.4 Å². The maximum Gasteiger partial charge on any atom is 0.304 e. The van der Waals surface area contributed by atoms with Crippen molar-refractivity contribution in [2.75, 3.05) is 105 Å². The summed E-state index contributed by atoms with van der Waals surface area (Å²) >= 11 is 1.57. The molecule has 8 amide bonds. The predicted octanol–water partition coefficient (Wildman–Crippen LogP) is -1.30. The number of carboxylic acids is 1. The number of ether oxygens (including phenoxy) is 5. The van der Waals surface area contributed by atoms with E-state index in [1.165, 1.54) is 14.0 Å². The van der Waals surface area contributed by atoms with Gasteiger partial charge in [0.1, 0.15) is 34.7 Å². The Hall–Kier alpha value is -6.98. The molecular formula is C65H97N9O22S2. The number of piperidine rings is 1. The summed E-state index contributed by atoms with van der Waals surface area (Å²) in [5.74, 6) is -14.4. The summed E-state index contributed by atoms with van der Waals surface area (Å²) in [5.41, 5.74) is 6.75. The van der Waals surface area contributed by atoms with E-state index < -0.39 is 200 Å². The summed E-state index contributed by atoms with van der Waals surface area (Å²) in [5, 5.41) is 54.0. The zero-order valence-corrected chi connectivity index (χ0v) is 57.9. The number of aliphatic hydroxyl groups is 3. The van der Waals surface area contributed by atoms with E-state index in [4.69, 9.17) is 34.5 Å². The third-order valence-corrected chi connectivity index (χ3v) is 21.1. The van der Waals surface area contributed by atoms with Gasteiger partial charge in [-0.2, -0.15) is 11.8 Å². The molecule has 2 aromatic rings. The Kier molecular flexibility index (Phi) is 32.4. The number of nitrogens with one attached hydrogen (secondary N) is 6. The largest absolute Gasteiger partial charge is 0.496 e. The molecule has 2 bridgehead atoms. The second-order valence-electron chi connectivity index (χ2n) is 25.4. The van der Waals surface area contributed by atoms with Gasteiger partial charge in [-0.25, -0.2) is 0 Å². The summed E-state index contributed by atoms with van der Waals surface area (Å²) in [4.78, 5) is 170. The number of carbonyl (C=O) groups excluding carboxylic acids is 11. The number of thioether (sulfide) groups is 1. The van der Waals surface area contributed by atoms with Crippen LogP contribution in [0.15, 0.2) is 17.2 Å². The van der Waals surface area contributed by atoms with Gasteiger partial charge in [-0.3, -0.25) is 61.7 Å². The molecule has 12 N–H and O–H groups in total. The van der Waals surface area contributed by atoms with Crippen LogP contribution in [0.3, 0.4) is 0 Å². The molecule has 0 saturated carbocycles. The van der Waals surface area contributed by atoms with Crippen molar-refractivity contribution in [3.63, 3.8) is 0 Å². The molecule has 5 heterocycles. The van der Waals surface area contributed by atoms with Crippen LogP contribution in [0.1, 0.15) is 109 Å². The number of aromatic nitrogens is 1. The Balaban J connectivity index is 1.23. The topological polar surface area (TPSA) is 457 Å². The van der Waals surface area contributed by atoms with Crippen molar-refractivity contribution >= 4 is 104 Å². The number of aromatic amines is 1. The van der Waals surface area contributed by atoms with Crippen LogP contribution in [0.4, 0.5) is 0 Å². The highest BCUT2D eigenvalue weighted by Crippen LogP contribution is 2.39. The van der Waals surface area contributed by atoms with Crippen molar-refractivity contribution in [2.45, 2.75) is 157 Å². The molecule has 6 rings (SSSR count). The van der Waals surface area contributed by atoms with Crippen LogP contribution in [0.2, 0.25) is 0 Å². The molecule has 0 spiro atoms. The predicted molar refractivity (Wildman–Crippen MR) is 354 cm³/mol. The lowest BCUT2D eigenvalue weighted by Crippen LogP contribution is -2.60. The first-order valence-electron chi connectivity index (χ1n) is 33.3. The summed E-state index contributed by atoms with van der Waals surface area (Å²) in [7, 11) is -0.970. The number of rotatable bonds is 30. The van der Waals surface area contributed by atoms with Gasteiger partial charge >= 0.3 is 5.97 Å². The van der Waals surface area contributed by atoms with E-state index in [0.29, 0.717) is 94.0 Å². The van der Waals surface area contributed by atoms with Crippen LogP contribution in [0, 0.1) is 29.6 Å². The molecular weight excluding hydrogens is 1320 g/mol. The average Bonchev–Trinajstić information content (AvgIpc) is 1.61. The number of carboxylic acid groups (broad SMARTS) is 1. The number of aliphatic hydroxyl groups excluding tert-OH is 3. The standard InChI is InChI=1S/C65H97N9O22S2/c1-6-36(2)44-27-40(76)30-67-60(86)39-25-45-43-9-10-53(92-5)46(34-97-42-11-14-73(15-12-42)56(83)13-17-94-19-21-96-23-22-95-20-18-93-16-7-8-50(78)37(3)24-57(84)85)59(43)72-64(45)98(91)35-48(69-55(82)31-68-61(44)87)62(88)70-47(29-54(66)81)65(90)74-32-41(77)28-49(74)63(89)71-58(51(79)26-39)38(4)52(80)33-75/h9-10,36-39,41-42,44,47-49,52,58,72,75,77,80H,6-8,11-35H2,1-5H3,(H2,66,81)(H,67,86)(H,68,87)(H,69,82)(H,70,88)(H,71,89)(H,84,85)/t36-,37?,38-,39+,41+,44-,47-,48-,49-,52-,58-,98?/m0/s1. The number of amides is 8.